The normalized spacial score (nSPS) is 10.8. The number of nitrogens with zero attached hydrogens (tertiary/aromatic N) is 1. The van der Waals surface area contributed by atoms with Crippen molar-refractivity contribution in [3.8, 4) is 5.75 Å². The lowest BCUT2D eigenvalue weighted by molar-refractivity contribution is -0.192. The molecule has 1 amide bonds. The highest BCUT2D eigenvalue weighted by molar-refractivity contribution is 5.94. The molecule has 2 aromatic heterocycles. The smallest absolute Gasteiger partial charge is 0.489 e. The van der Waals surface area contributed by atoms with Gasteiger partial charge < -0.3 is 20.1 Å². The van der Waals surface area contributed by atoms with Crippen molar-refractivity contribution in [2.24, 2.45) is 0 Å². The molecule has 0 saturated carbocycles. The Morgan fingerprint density at radius 1 is 1.05 bits per heavy atom. The van der Waals surface area contributed by atoms with Crippen LogP contribution >= 0.6 is 0 Å². The number of hydrogen-bond donors (Lipinski definition) is 4. The number of ether oxygens (including phenoxy) is 1. The first-order valence-electron chi connectivity index (χ1n) is 10.9. The lowest BCUT2D eigenvalue weighted by atomic mass is 10.1. The van der Waals surface area contributed by atoms with E-state index in [1.165, 1.54) is 6.20 Å². The zero-order valence-electron chi connectivity index (χ0n) is 19.8. The lowest BCUT2D eigenvalue weighted by Gasteiger charge is -2.11. The molecular weight excluding hydrogens is 509 g/mol. The number of carboxylic acids is 1. The van der Waals surface area contributed by atoms with Gasteiger partial charge in [-0.15, -0.1) is 0 Å². The Morgan fingerprint density at radius 3 is 2.34 bits per heavy atom. The van der Waals surface area contributed by atoms with Crippen LogP contribution in [0.2, 0.25) is 0 Å². The second kappa shape index (κ2) is 11.9. The number of hydrogen-bond acceptors (Lipinski definition) is 6. The topological polar surface area (TPSA) is 154 Å². The molecule has 2 aromatic carbocycles. The number of halogens is 3. The molecule has 0 aliphatic rings. The minimum Gasteiger partial charge on any atom is -0.489 e. The molecule has 0 aliphatic heterocycles. The molecule has 198 valence electrons. The molecule has 2 heterocycles. The molecule has 4 rings (SSSR count). The van der Waals surface area contributed by atoms with Crippen LogP contribution in [0, 0.1) is 6.92 Å². The van der Waals surface area contributed by atoms with Crippen LogP contribution < -0.4 is 21.3 Å². The first-order chi connectivity index (χ1) is 17.9. The molecule has 0 spiro atoms. The minimum absolute atomic E-state index is 0.00232. The maximum Gasteiger partial charge on any atom is 0.490 e. The quantitative estimate of drug-likeness (QED) is 0.299. The van der Waals surface area contributed by atoms with Crippen molar-refractivity contribution < 1.29 is 32.6 Å². The van der Waals surface area contributed by atoms with Gasteiger partial charge in [-0.3, -0.25) is 19.6 Å². The van der Waals surface area contributed by atoms with Gasteiger partial charge in [-0.1, -0.05) is 18.2 Å². The zero-order chi connectivity index (χ0) is 27.9. The van der Waals surface area contributed by atoms with Crippen LogP contribution in [-0.4, -0.2) is 38.1 Å². The van der Waals surface area contributed by atoms with Crippen LogP contribution in [-0.2, 0) is 17.9 Å². The van der Waals surface area contributed by atoms with E-state index >= 15 is 0 Å². The van der Waals surface area contributed by atoms with E-state index in [1.54, 1.807) is 24.3 Å². The Labute approximate surface area is 212 Å². The first-order valence-corrected chi connectivity index (χ1v) is 10.9. The fourth-order valence-electron chi connectivity index (χ4n) is 3.22. The number of aromatic amines is 2. The Morgan fingerprint density at radius 2 is 1.71 bits per heavy atom. The second-order valence-electron chi connectivity index (χ2n) is 7.84. The molecule has 10 nitrogen and oxygen atoms in total. The third-order valence-electron chi connectivity index (χ3n) is 5.02. The van der Waals surface area contributed by atoms with Crippen molar-refractivity contribution in [2.75, 3.05) is 0 Å². The van der Waals surface area contributed by atoms with Gasteiger partial charge in [0.15, 0.2) is 0 Å². The molecule has 0 radical (unpaired) electrons. The van der Waals surface area contributed by atoms with Gasteiger partial charge in [-0.2, -0.15) is 13.2 Å². The molecule has 0 bridgehead atoms. The number of aromatic nitrogens is 3. The van der Waals surface area contributed by atoms with Gasteiger partial charge in [0.05, 0.1) is 11.1 Å². The largest absolute Gasteiger partial charge is 0.490 e. The number of carboxylic acid groups (broad SMARTS) is 1. The molecule has 0 aliphatic carbocycles. The maximum absolute atomic E-state index is 12.3. The van der Waals surface area contributed by atoms with Crippen molar-refractivity contribution in [3.63, 3.8) is 0 Å². The first kappa shape index (κ1) is 27.6. The average molecular weight is 530 g/mol. The maximum atomic E-state index is 12.3. The summed E-state index contributed by atoms with van der Waals surface area (Å²) in [4.78, 5) is 53.0. The van der Waals surface area contributed by atoms with Crippen molar-refractivity contribution in [2.45, 2.75) is 26.3 Å². The summed E-state index contributed by atoms with van der Waals surface area (Å²) < 4.78 is 37.6. The van der Waals surface area contributed by atoms with Crippen LogP contribution in [0.15, 0.2) is 70.4 Å². The predicted molar refractivity (Wildman–Crippen MR) is 130 cm³/mol. The minimum atomic E-state index is -5.08. The molecular formula is C25H21F3N4O6. The van der Waals surface area contributed by atoms with Gasteiger partial charge in [0.1, 0.15) is 12.4 Å². The van der Waals surface area contributed by atoms with Crippen molar-refractivity contribution in [3.05, 3.63) is 104 Å². The molecule has 0 fully saturated rings. The molecule has 4 N–H and O–H groups in total. The molecule has 13 heteroatoms. The van der Waals surface area contributed by atoms with E-state index in [9.17, 15) is 27.6 Å². The number of fused-ring (bicyclic) bond motifs is 1. The molecule has 38 heavy (non-hydrogen) atoms. The number of para-hydroxylation sites is 1. The van der Waals surface area contributed by atoms with Gasteiger partial charge >= 0.3 is 17.8 Å². The Kier molecular flexibility index (Phi) is 8.63. The summed E-state index contributed by atoms with van der Waals surface area (Å²) in [6, 6.07) is 16.7. The lowest BCUT2D eigenvalue weighted by Crippen LogP contribution is -2.30. The van der Waals surface area contributed by atoms with Crippen LogP contribution in [0.4, 0.5) is 13.2 Å². The summed E-state index contributed by atoms with van der Waals surface area (Å²) in [6.45, 7) is 2.33. The number of rotatable bonds is 6. The Bertz CT molecular complexity index is 1560. The fourth-order valence-corrected chi connectivity index (χ4v) is 3.22. The van der Waals surface area contributed by atoms with Gasteiger partial charge in [0.25, 0.3) is 11.5 Å². The number of pyridine rings is 1. The standard InChI is InChI=1S/C23H20N4O4.C2HF3O2/c1-14-10-16(19-4-2-3-5-20(19)26-14)13-31-18-8-6-15(7-9-18)21(28)24-11-17-12-25-23(30)27-22(17)29;3-2(4,5)1(6)7/h2-10,12H,11,13H2,1H3,(H,24,28)(H2,25,27,29,30);(H,6,7). The van der Waals surface area contributed by atoms with Crippen LogP contribution in [0.3, 0.4) is 0 Å². The molecule has 0 unspecified atom stereocenters. The summed E-state index contributed by atoms with van der Waals surface area (Å²) in [5.74, 6) is -2.47. The van der Waals surface area contributed by atoms with Gasteiger partial charge in [0, 0.05) is 34.9 Å². The van der Waals surface area contributed by atoms with E-state index < -0.39 is 23.4 Å². The van der Waals surface area contributed by atoms with Gasteiger partial charge in [-0.25, -0.2) is 9.59 Å². The SMILES string of the molecule is Cc1cc(COc2ccc(C(=O)NCc3c[nH]c(=O)[nH]c3=O)cc2)c2ccccc2n1.O=C(O)C(F)(F)F. The van der Waals surface area contributed by atoms with E-state index in [-0.39, 0.29) is 18.0 Å². The van der Waals surface area contributed by atoms with Crippen molar-refractivity contribution >= 4 is 22.8 Å². The molecule has 0 saturated heterocycles. The number of benzene rings is 2. The summed E-state index contributed by atoms with van der Waals surface area (Å²) in [6.07, 6.45) is -3.80. The van der Waals surface area contributed by atoms with E-state index in [0.29, 0.717) is 17.9 Å². The number of nitrogens with one attached hydrogen (secondary N) is 3. The average Bonchev–Trinajstić information content (AvgIpc) is 2.86. The van der Waals surface area contributed by atoms with Crippen LogP contribution in [0.1, 0.15) is 27.2 Å². The molecule has 0 atom stereocenters. The number of H-pyrrole nitrogens is 2. The fraction of sp³-hybridized carbons (Fsp3) is 0.160. The van der Waals surface area contributed by atoms with Gasteiger partial charge in [-0.05, 0) is 43.3 Å². The summed E-state index contributed by atoms with van der Waals surface area (Å²) in [7, 11) is 0. The van der Waals surface area contributed by atoms with E-state index in [0.717, 1.165) is 22.2 Å². The predicted octanol–water partition coefficient (Wildman–Crippen LogP) is 3.06. The van der Waals surface area contributed by atoms with E-state index in [1.807, 2.05) is 37.3 Å². The number of alkyl halides is 3. The van der Waals surface area contributed by atoms with Crippen LogP contribution in [0.5, 0.6) is 5.75 Å². The summed E-state index contributed by atoms with van der Waals surface area (Å²) in [5, 5.41) is 10.8. The van der Waals surface area contributed by atoms with Crippen LogP contribution in [0.25, 0.3) is 10.9 Å². The Hall–Kier alpha value is -4.94. The van der Waals surface area contributed by atoms with Crippen molar-refractivity contribution in [1.29, 1.82) is 0 Å². The number of amides is 1. The number of carbonyl (C=O) groups is 2. The highest BCUT2D eigenvalue weighted by Crippen LogP contribution is 2.21. The zero-order valence-corrected chi connectivity index (χ0v) is 19.8. The summed E-state index contributed by atoms with van der Waals surface area (Å²) >= 11 is 0. The van der Waals surface area contributed by atoms with E-state index in [2.05, 4.69) is 20.3 Å². The monoisotopic (exact) mass is 530 g/mol. The van der Waals surface area contributed by atoms with Crippen molar-refractivity contribution in [1.82, 2.24) is 20.3 Å². The molecule has 4 aromatic rings. The number of carbonyl (C=O) groups excluding carboxylic acids is 1. The van der Waals surface area contributed by atoms with Gasteiger partial charge in [0.2, 0.25) is 0 Å². The third-order valence-corrected chi connectivity index (χ3v) is 5.02. The highest BCUT2D eigenvalue weighted by Gasteiger charge is 2.38. The Balaban J connectivity index is 0.000000505. The summed E-state index contributed by atoms with van der Waals surface area (Å²) in [5.41, 5.74) is 2.44. The second-order valence-corrected chi connectivity index (χ2v) is 7.84. The number of aliphatic carboxylic acids is 1. The third kappa shape index (κ3) is 7.53. The van der Waals surface area contributed by atoms with E-state index in [4.69, 9.17) is 14.6 Å². The number of aryl methyl sites for hydroxylation is 1. The highest BCUT2D eigenvalue weighted by atomic mass is 19.4.